The molecule has 1 aliphatic heterocycles. The van der Waals surface area contributed by atoms with Gasteiger partial charge in [-0.3, -0.25) is 19.3 Å². The molecule has 21 heavy (non-hydrogen) atoms. The maximum atomic E-state index is 12.1. The van der Waals surface area contributed by atoms with E-state index in [1.54, 1.807) is 18.2 Å². The van der Waals surface area contributed by atoms with Crippen molar-refractivity contribution >= 4 is 39.2 Å². The highest BCUT2D eigenvalue weighted by molar-refractivity contribution is 9.10. The molecule has 0 saturated heterocycles. The van der Waals surface area contributed by atoms with Crippen molar-refractivity contribution in [1.29, 1.82) is 0 Å². The molecule has 2 amide bonds. The largest absolute Gasteiger partial charge is 0.352 e. The van der Waals surface area contributed by atoms with Crippen molar-refractivity contribution in [2.45, 2.75) is 31.7 Å². The summed E-state index contributed by atoms with van der Waals surface area (Å²) in [5, 5.41) is 2.93. The van der Waals surface area contributed by atoms with Crippen LogP contribution in [0.5, 0.6) is 0 Å². The third-order valence-corrected chi connectivity index (χ3v) is 4.60. The summed E-state index contributed by atoms with van der Waals surface area (Å²) in [6, 6.07) is 5.27. The summed E-state index contributed by atoms with van der Waals surface area (Å²) in [6.45, 7) is -0.114. The van der Waals surface area contributed by atoms with Gasteiger partial charge < -0.3 is 5.32 Å². The van der Waals surface area contributed by atoms with Gasteiger partial charge in [-0.2, -0.15) is 0 Å². The van der Waals surface area contributed by atoms with Crippen LogP contribution in [0.4, 0.5) is 5.69 Å². The van der Waals surface area contributed by atoms with Crippen LogP contribution in [-0.2, 0) is 9.59 Å². The second-order valence-corrected chi connectivity index (χ2v) is 6.26. The number of nitrogens with zero attached hydrogens (tertiary/aromatic N) is 1. The third kappa shape index (κ3) is 2.60. The van der Waals surface area contributed by atoms with E-state index in [9.17, 15) is 14.4 Å². The van der Waals surface area contributed by atoms with E-state index in [0.29, 0.717) is 15.7 Å². The Labute approximate surface area is 130 Å². The summed E-state index contributed by atoms with van der Waals surface area (Å²) < 4.78 is 0.646. The molecule has 0 unspecified atom stereocenters. The first-order valence-electron chi connectivity index (χ1n) is 7.02. The Morgan fingerprint density at radius 1 is 1.29 bits per heavy atom. The second-order valence-electron chi connectivity index (χ2n) is 5.41. The van der Waals surface area contributed by atoms with Crippen molar-refractivity contribution in [3.63, 3.8) is 0 Å². The van der Waals surface area contributed by atoms with Crippen molar-refractivity contribution in [2.75, 3.05) is 11.4 Å². The number of rotatable bonds is 3. The van der Waals surface area contributed by atoms with Gasteiger partial charge in [0.15, 0.2) is 0 Å². The molecule has 0 bridgehead atoms. The van der Waals surface area contributed by atoms with Gasteiger partial charge in [0.05, 0.1) is 11.3 Å². The minimum Gasteiger partial charge on any atom is -0.352 e. The number of hydrogen-bond donors (Lipinski definition) is 1. The molecule has 1 fully saturated rings. The molecule has 1 aromatic carbocycles. The second kappa shape index (κ2) is 5.60. The van der Waals surface area contributed by atoms with E-state index < -0.39 is 11.7 Å². The molecule has 0 aromatic heterocycles. The van der Waals surface area contributed by atoms with Gasteiger partial charge in [0, 0.05) is 10.5 Å². The number of nitrogens with one attached hydrogen (secondary N) is 1. The van der Waals surface area contributed by atoms with Crippen LogP contribution in [-0.4, -0.2) is 30.2 Å². The lowest BCUT2D eigenvalue weighted by molar-refractivity contribution is -0.122. The number of carbonyl (C=O) groups excluding carboxylic acids is 3. The Morgan fingerprint density at radius 2 is 2.00 bits per heavy atom. The molecule has 3 rings (SSSR count). The maximum Gasteiger partial charge on any atom is 0.299 e. The van der Waals surface area contributed by atoms with E-state index in [1.165, 1.54) is 4.90 Å². The lowest BCUT2D eigenvalue weighted by Crippen LogP contribution is -2.43. The number of para-hydroxylation sites is 1. The van der Waals surface area contributed by atoms with Crippen LogP contribution in [0.1, 0.15) is 36.0 Å². The SMILES string of the molecule is O=C(CN1C(=O)C(=O)c2cccc(Br)c21)NC1CCCC1. The van der Waals surface area contributed by atoms with Gasteiger partial charge in [0.1, 0.15) is 6.54 Å². The zero-order valence-corrected chi connectivity index (χ0v) is 13.0. The highest BCUT2D eigenvalue weighted by atomic mass is 79.9. The third-order valence-electron chi connectivity index (χ3n) is 3.96. The number of carbonyl (C=O) groups is 3. The number of anilines is 1. The first kappa shape index (κ1) is 14.3. The number of ketones is 1. The number of benzene rings is 1. The topological polar surface area (TPSA) is 66.5 Å². The van der Waals surface area contributed by atoms with Crippen LogP contribution in [0.3, 0.4) is 0 Å². The number of amides is 2. The van der Waals surface area contributed by atoms with E-state index in [4.69, 9.17) is 0 Å². The quantitative estimate of drug-likeness (QED) is 0.848. The highest BCUT2D eigenvalue weighted by Gasteiger charge is 2.38. The average Bonchev–Trinajstić information content (AvgIpc) is 3.03. The summed E-state index contributed by atoms with van der Waals surface area (Å²) in [6.07, 6.45) is 4.22. The Bertz CT molecular complexity index is 623. The van der Waals surface area contributed by atoms with Crippen LogP contribution in [0.2, 0.25) is 0 Å². The van der Waals surface area contributed by atoms with Gasteiger partial charge in [0.2, 0.25) is 5.91 Å². The molecular weight excluding hydrogens is 336 g/mol. The molecule has 110 valence electrons. The first-order chi connectivity index (χ1) is 10.1. The zero-order valence-electron chi connectivity index (χ0n) is 11.4. The van der Waals surface area contributed by atoms with E-state index in [0.717, 1.165) is 25.7 Å². The molecule has 2 aliphatic rings. The zero-order chi connectivity index (χ0) is 15.0. The minimum absolute atomic E-state index is 0.114. The van der Waals surface area contributed by atoms with Crippen molar-refractivity contribution < 1.29 is 14.4 Å². The lowest BCUT2D eigenvalue weighted by atomic mass is 10.1. The predicted octanol–water partition coefficient (Wildman–Crippen LogP) is 2.04. The molecule has 1 aliphatic carbocycles. The van der Waals surface area contributed by atoms with E-state index in [1.807, 2.05) is 0 Å². The van der Waals surface area contributed by atoms with E-state index in [2.05, 4.69) is 21.2 Å². The average molecular weight is 351 g/mol. The number of halogens is 1. The first-order valence-corrected chi connectivity index (χ1v) is 7.81. The van der Waals surface area contributed by atoms with E-state index in [-0.39, 0.29) is 18.5 Å². The van der Waals surface area contributed by atoms with Crippen LogP contribution in [0, 0.1) is 0 Å². The number of Topliss-reactive ketones (excluding diaryl/α,β-unsaturated/α-hetero) is 1. The van der Waals surface area contributed by atoms with Crippen molar-refractivity contribution in [3.8, 4) is 0 Å². The van der Waals surface area contributed by atoms with Crippen LogP contribution in [0.15, 0.2) is 22.7 Å². The lowest BCUT2D eigenvalue weighted by Gasteiger charge is -2.19. The minimum atomic E-state index is -0.640. The molecule has 1 saturated carbocycles. The van der Waals surface area contributed by atoms with Gasteiger partial charge in [-0.05, 0) is 40.9 Å². The fraction of sp³-hybridized carbons (Fsp3) is 0.400. The Hall–Kier alpha value is -1.69. The molecular formula is C15H15BrN2O3. The monoisotopic (exact) mass is 350 g/mol. The fourth-order valence-electron chi connectivity index (χ4n) is 2.95. The fourth-order valence-corrected chi connectivity index (χ4v) is 3.53. The van der Waals surface area contributed by atoms with E-state index >= 15 is 0 Å². The summed E-state index contributed by atoms with van der Waals surface area (Å²) in [7, 11) is 0. The Kier molecular flexibility index (Phi) is 3.80. The number of fused-ring (bicyclic) bond motifs is 1. The van der Waals surface area contributed by atoms with Gasteiger partial charge >= 0.3 is 0 Å². The van der Waals surface area contributed by atoms with Crippen LogP contribution < -0.4 is 10.2 Å². The standard InChI is InChI=1S/C15H15BrN2O3/c16-11-7-3-6-10-13(11)18(15(21)14(10)20)8-12(19)17-9-4-1-2-5-9/h3,6-7,9H,1-2,4-5,8H2,(H,17,19). The summed E-state index contributed by atoms with van der Waals surface area (Å²) in [5.41, 5.74) is 0.845. The van der Waals surface area contributed by atoms with Crippen molar-refractivity contribution in [2.24, 2.45) is 0 Å². The Morgan fingerprint density at radius 3 is 2.71 bits per heavy atom. The molecule has 1 heterocycles. The Balaban J connectivity index is 1.78. The van der Waals surface area contributed by atoms with Gasteiger partial charge in [0.25, 0.3) is 11.7 Å². The summed E-state index contributed by atoms with van der Waals surface area (Å²) in [4.78, 5) is 37.4. The van der Waals surface area contributed by atoms with Gasteiger partial charge in [-0.1, -0.05) is 18.9 Å². The number of hydrogen-bond acceptors (Lipinski definition) is 3. The summed E-state index contributed by atoms with van der Waals surface area (Å²) in [5.74, 6) is -1.41. The van der Waals surface area contributed by atoms with Crippen molar-refractivity contribution in [1.82, 2.24) is 5.32 Å². The summed E-state index contributed by atoms with van der Waals surface area (Å²) >= 11 is 3.34. The molecule has 6 heteroatoms. The molecule has 0 spiro atoms. The van der Waals surface area contributed by atoms with Gasteiger partial charge in [-0.15, -0.1) is 0 Å². The van der Waals surface area contributed by atoms with Gasteiger partial charge in [-0.25, -0.2) is 0 Å². The van der Waals surface area contributed by atoms with Crippen LogP contribution in [0.25, 0.3) is 0 Å². The molecule has 1 N–H and O–H groups in total. The normalized spacial score (nSPS) is 18.2. The van der Waals surface area contributed by atoms with Crippen molar-refractivity contribution in [3.05, 3.63) is 28.2 Å². The molecule has 0 radical (unpaired) electrons. The smallest absolute Gasteiger partial charge is 0.299 e. The highest BCUT2D eigenvalue weighted by Crippen LogP contribution is 2.35. The predicted molar refractivity (Wildman–Crippen MR) is 81.2 cm³/mol. The molecule has 5 nitrogen and oxygen atoms in total. The molecule has 0 atom stereocenters. The maximum absolute atomic E-state index is 12.1. The van der Waals surface area contributed by atoms with Crippen LogP contribution >= 0.6 is 15.9 Å². The molecule has 1 aromatic rings.